The zero-order chi connectivity index (χ0) is 30.4. The molecule has 0 saturated carbocycles. The third kappa shape index (κ3) is 6.68. The van der Waals surface area contributed by atoms with Crippen molar-refractivity contribution in [2.24, 2.45) is 0 Å². The normalized spacial score (nSPS) is 14.0. The second-order valence-corrected chi connectivity index (χ2v) is 12.3. The zero-order valence-electron chi connectivity index (χ0n) is 24.7. The first-order chi connectivity index (χ1) is 20.8. The first-order valence-corrected chi connectivity index (χ1v) is 15.7. The van der Waals surface area contributed by atoms with Crippen molar-refractivity contribution >= 4 is 21.6 Å². The number of hydrogen-bond donors (Lipinski definition) is 0. The van der Waals surface area contributed by atoms with Crippen molar-refractivity contribution < 1.29 is 22.7 Å². The van der Waals surface area contributed by atoms with Crippen molar-refractivity contribution in [3.8, 4) is 11.5 Å². The number of benzene rings is 4. The summed E-state index contributed by atoms with van der Waals surface area (Å²) in [7, 11) is -1.18. The van der Waals surface area contributed by atoms with Gasteiger partial charge in [0, 0.05) is 26.2 Å². The van der Waals surface area contributed by atoms with Crippen molar-refractivity contribution in [1.29, 1.82) is 0 Å². The van der Waals surface area contributed by atoms with Crippen LogP contribution in [0.2, 0.25) is 0 Å². The average Bonchev–Trinajstić information content (AvgIpc) is 3.05. The van der Waals surface area contributed by atoms with E-state index < -0.39 is 10.0 Å². The minimum absolute atomic E-state index is 0.0111. The number of carbonyl (C=O) groups excluding carboxylic acids is 1. The maximum atomic E-state index is 14.1. The number of hydrogen-bond acceptors (Lipinski definition) is 6. The van der Waals surface area contributed by atoms with Gasteiger partial charge in [0.1, 0.15) is 22.9 Å². The molecule has 1 aliphatic rings. The summed E-state index contributed by atoms with van der Waals surface area (Å²) in [5.41, 5.74) is 3.52. The van der Waals surface area contributed by atoms with E-state index in [0.717, 1.165) is 9.87 Å². The Bertz CT molecular complexity index is 1580. The van der Waals surface area contributed by atoms with Crippen molar-refractivity contribution in [3.05, 3.63) is 120 Å². The Morgan fingerprint density at radius 1 is 0.791 bits per heavy atom. The lowest BCUT2D eigenvalue weighted by Crippen LogP contribution is -2.52. The number of carbonyl (C=O) groups is 1. The number of rotatable bonds is 10. The third-order valence-corrected chi connectivity index (χ3v) is 9.58. The molecule has 0 unspecified atom stereocenters. The predicted molar refractivity (Wildman–Crippen MR) is 168 cm³/mol. The van der Waals surface area contributed by atoms with E-state index in [1.54, 1.807) is 54.5 Å². The van der Waals surface area contributed by atoms with Crippen LogP contribution in [0.5, 0.6) is 11.5 Å². The van der Waals surface area contributed by atoms with Crippen molar-refractivity contribution in [2.45, 2.75) is 17.9 Å². The molecule has 5 rings (SSSR count). The van der Waals surface area contributed by atoms with E-state index in [9.17, 15) is 13.2 Å². The van der Waals surface area contributed by atoms with Crippen LogP contribution < -0.4 is 13.8 Å². The highest BCUT2D eigenvalue weighted by Gasteiger charge is 2.33. The summed E-state index contributed by atoms with van der Waals surface area (Å²) in [6.07, 6.45) is 0. The van der Waals surface area contributed by atoms with Crippen LogP contribution in [-0.4, -0.2) is 71.1 Å². The molecule has 0 aliphatic carbocycles. The molecule has 1 fully saturated rings. The second kappa shape index (κ2) is 13.3. The van der Waals surface area contributed by atoms with Crippen molar-refractivity contribution in [3.63, 3.8) is 0 Å². The lowest BCUT2D eigenvalue weighted by molar-refractivity contribution is -0.131. The molecule has 4 aromatic carbocycles. The summed E-state index contributed by atoms with van der Waals surface area (Å²) in [5, 5.41) is 0. The van der Waals surface area contributed by atoms with Gasteiger partial charge in [0.15, 0.2) is 0 Å². The van der Waals surface area contributed by atoms with Gasteiger partial charge in [-0.1, -0.05) is 66.7 Å². The lowest BCUT2D eigenvalue weighted by atomic mass is 9.96. The molecule has 1 saturated heterocycles. The van der Waals surface area contributed by atoms with E-state index in [-0.39, 0.29) is 29.1 Å². The molecule has 0 spiro atoms. The zero-order valence-corrected chi connectivity index (χ0v) is 25.5. The summed E-state index contributed by atoms with van der Waals surface area (Å²) in [5.74, 6) is 0.544. The van der Waals surface area contributed by atoms with E-state index in [2.05, 4.69) is 29.2 Å². The first kappa shape index (κ1) is 30.1. The summed E-state index contributed by atoms with van der Waals surface area (Å²) < 4.78 is 40.1. The minimum Gasteiger partial charge on any atom is -0.497 e. The highest BCUT2D eigenvalue weighted by molar-refractivity contribution is 7.93. The monoisotopic (exact) mass is 599 g/mol. The summed E-state index contributed by atoms with van der Waals surface area (Å²) >= 11 is 0. The van der Waals surface area contributed by atoms with Gasteiger partial charge in [-0.3, -0.25) is 14.0 Å². The largest absolute Gasteiger partial charge is 0.497 e. The Morgan fingerprint density at radius 3 is 1.91 bits per heavy atom. The highest BCUT2D eigenvalue weighted by Crippen LogP contribution is 2.33. The smallest absolute Gasteiger partial charge is 0.268 e. The molecule has 8 nitrogen and oxygen atoms in total. The van der Waals surface area contributed by atoms with Gasteiger partial charge in [0.2, 0.25) is 5.91 Å². The summed E-state index contributed by atoms with van der Waals surface area (Å²) in [6.45, 7) is 3.76. The maximum Gasteiger partial charge on any atom is 0.268 e. The first-order valence-electron chi connectivity index (χ1n) is 14.2. The number of anilines is 1. The second-order valence-electron chi connectivity index (χ2n) is 10.5. The van der Waals surface area contributed by atoms with E-state index in [4.69, 9.17) is 9.47 Å². The van der Waals surface area contributed by atoms with Crippen LogP contribution in [0.15, 0.2) is 108 Å². The Labute approximate surface area is 254 Å². The Morgan fingerprint density at radius 2 is 1.37 bits per heavy atom. The Kier molecular flexibility index (Phi) is 9.33. The van der Waals surface area contributed by atoms with Crippen LogP contribution in [0.3, 0.4) is 0 Å². The van der Waals surface area contributed by atoms with Gasteiger partial charge < -0.3 is 14.4 Å². The summed E-state index contributed by atoms with van der Waals surface area (Å²) in [6, 6.07) is 32.4. The highest BCUT2D eigenvalue weighted by atomic mass is 32.2. The predicted octanol–water partition coefficient (Wildman–Crippen LogP) is 5.14. The maximum absolute atomic E-state index is 14.1. The van der Waals surface area contributed by atoms with Crippen LogP contribution in [-0.2, 0) is 14.8 Å². The average molecular weight is 600 g/mol. The van der Waals surface area contributed by atoms with Gasteiger partial charge >= 0.3 is 0 Å². The molecule has 0 N–H and O–H groups in total. The van der Waals surface area contributed by atoms with Crippen LogP contribution in [0, 0.1) is 6.92 Å². The Balaban J connectivity index is 1.38. The molecular formula is C34H37N3O5S. The van der Waals surface area contributed by atoms with Gasteiger partial charge in [-0.05, 0) is 60.0 Å². The number of methoxy groups -OCH3 is 2. The van der Waals surface area contributed by atoms with Gasteiger partial charge in [0.25, 0.3) is 10.0 Å². The number of sulfonamides is 1. The van der Waals surface area contributed by atoms with Gasteiger partial charge in [-0.25, -0.2) is 8.42 Å². The third-order valence-electron chi connectivity index (χ3n) is 7.79. The fraction of sp³-hybridized carbons (Fsp3) is 0.265. The van der Waals surface area contributed by atoms with E-state index in [1.807, 2.05) is 43.3 Å². The van der Waals surface area contributed by atoms with Crippen LogP contribution in [0.1, 0.15) is 22.7 Å². The van der Waals surface area contributed by atoms with Gasteiger partial charge in [0.05, 0.1) is 25.9 Å². The quantitative estimate of drug-likeness (QED) is 0.251. The molecule has 0 aromatic heterocycles. The molecule has 4 aromatic rings. The van der Waals surface area contributed by atoms with Crippen molar-refractivity contribution in [1.82, 2.24) is 9.80 Å². The lowest BCUT2D eigenvalue weighted by Gasteiger charge is -2.40. The van der Waals surface area contributed by atoms with E-state index in [0.29, 0.717) is 37.6 Å². The molecule has 0 atom stereocenters. The van der Waals surface area contributed by atoms with Crippen LogP contribution >= 0.6 is 0 Å². The van der Waals surface area contributed by atoms with Crippen molar-refractivity contribution in [2.75, 3.05) is 51.2 Å². The number of amides is 1. The standard InChI is InChI=1S/C34H37N3O5S/c1-26-14-19-31(42-3)32(24-26)43(39,40)37(29-15-17-30(41-2)18-16-29)25-33(38)35-20-22-36(23-21-35)34(27-10-6-4-7-11-27)28-12-8-5-9-13-28/h4-19,24,34H,20-23,25H2,1-3H3. The molecular weight excluding hydrogens is 562 g/mol. The van der Waals surface area contributed by atoms with Gasteiger partial charge in [-0.2, -0.15) is 0 Å². The Hall–Kier alpha value is -4.34. The van der Waals surface area contributed by atoms with E-state index in [1.165, 1.54) is 18.2 Å². The number of ether oxygens (including phenoxy) is 2. The molecule has 1 amide bonds. The summed E-state index contributed by atoms with van der Waals surface area (Å²) in [4.78, 5) is 17.9. The molecule has 1 heterocycles. The number of aryl methyl sites for hydroxylation is 1. The molecule has 9 heteroatoms. The number of nitrogens with zero attached hydrogens (tertiary/aromatic N) is 3. The molecule has 0 radical (unpaired) electrons. The fourth-order valence-corrected chi connectivity index (χ4v) is 7.16. The topological polar surface area (TPSA) is 79.4 Å². The fourth-order valence-electron chi connectivity index (χ4n) is 5.50. The SMILES string of the molecule is COc1ccc(N(CC(=O)N2CCN(C(c3ccccc3)c3ccccc3)CC2)S(=O)(=O)c2cc(C)ccc2OC)cc1. The molecule has 43 heavy (non-hydrogen) atoms. The number of piperazine rings is 1. The minimum atomic E-state index is -4.16. The van der Waals surface area contributed by atoms with E-state index >= 15 is 0 Å². The molecule has 1 aliphatic heterocycles. The van der Waals surface area contributed by atoms with Crippen LogP contribution in [0.25, 0.3) is 0 Å². The molecule has 224 valence electrons. The van der Waals surface area contributed by atoms with Crippen LogP contribution in [0.4, 0.5) is 5.69 Å². The molecule has 0 bridgehead atoms. The van der Waals surface area contributed by atoms with Gasteiger partial charge in [-0.15, -0.1) is 0 Å².